The predicted molar refractivity (Wildman–Crippen MR) is 74.4 cm³/mol. The Morgan fingerprint density at radius 1 is 1.35 bits per heavy atom. The SMILES string of the molecule is C=Cc1ccc(C(Cc2ccc(F)cn2)=NO)c(O)c1. The van der Waals surface area contributed by atoms with Gasteiger partial charge >= 0.3 is 0 Å². The number of phenols is 1. The van der Waals surface area contributed by atoms with Crippen LogP contribution in [0.15, 0.2) is 48.3 Å². The van der Waals surface area contributed by atoms with Gasteiger partial charge in [0, 0.05) is 17.7 Å². The van der Waals surface area contributed by atoms with Crippen molar-refractivity contribution in [2.24, 2.45) is 5.16 Å². The first-order chi connectivity index (χ1) is 9.63. The molecule has 0 aliphatic heterocycles. The summed E-state index contributed by atoms with van der Waals surface area (Å²) in [6.07, 6.45) is 2.86. The number of oxime groups is 1. The molecule has 0 saturated carbocycles. The first kappa shape index (κ1) is 13.7. The highest BCUT2D eigenvalue weighted by molar-refractivity contribution is 6.03. The quantitative estimate of drug-likeness (QED) is 0.511. The molecular weight excluding hydrogens is 259 g/mol. The molecule has 1 heterocycles. The lowest BCUT2D eigenvalue weighted by molar-refractivity contribution is 0.318. The lowest BCUT2D eigenvalue weighted by Gasteiger charge is -2.07. The van der Waals surface area contributed by atoms with Crippen LogP contribution in [-0.4, -0.2) is 21.0 Å². The van der Waals surface area contributed by atoms with Crippen molar-refractivity contribution in [3.63, 3.8) is 0 Å². The molecule has 20 heavy (non-hydrogen) atoms. The van der Waals surface area contributed by atoms with Crippen molar-refractivity contribution in [1.29, 1.82) is 0 Å². The van der Waals surface area contributed by atoms with Crippen LogP contribution in [0.2, 0.25) is 0 Å². The van der Waals surface area contributed by atoms with Crippen molar-refractivity contribution in [3.8, 4) is 5.75 Å². The Labute approximate surface area is 115 Å². The van der Waals surface area contributed by atoms with Crippen LogP contribution in [0.3, 0.4) is 0 Å². The Balaban J connectivity index is 2.29. The molecule has 0 saturated heterocycles. The summed E-state index contributed by atoms with van der Waals surface area (Å²) < 4.78 is 12.8. The van der Waals surface area contributed by atoms with Gasteiger partial charge in [-0.3, -0.25) is 4.98 Å². The third kappa shape index (κ3) is 3.00. The number of pyridine rings is 1. The van der Waals surface area contributed by atoms with Crippen molar-refractivity contribution >= 4 is 11.8 Å². The topological polar surface area (TPSA) is 65.7 Å². The highest BCUT2D eigenvalue weighted by Crippen LogP contribution is 2.21. The van der Waals surface area contributed by atoms with E-state index in [2.05, 4.69) is 16.7 Å². The minimum Gasteiger partial charge on any atom is -0.507 e. The summed E-state index contributed by atoms with van der Waals surface area (Å²) in [5, 5.41) is 22.2. The average Bonchev–Trinajstić information content (AvgIpc) is 2.47. The fourth-order valence-electron chi connectivity index (χ4n) is 1.79. The molecule has 2 rings (SSSR count). The molecule has 2 N–H and O–H groups in total. The standard InChI is InChI=1S/C15H13FN2O2/c1-2-10-3-6-13(15(19)7-10)14(18-20)8-12-5-4-11(16)9-17-12/h2-7,9,19-20H,1,8H2. The summed E-state index contributed by atoms with van der Waals surface area (Å²) in [5.74, 6) is -0.452. The van der Waals surface area contributed by atoms with Gasteiger partial charge in [-0.25, -0.2) is 4.39 Å². The van der Waals surface area contributed by atoms with Crippen LogP contribution in [0.5, 0.6) is 5.75 Å². The Bertz CT molecular complexity index is 651. The number of phenolic OH excluding ortho intramolecular Hbond substituents is 1. The van der Waals surface area contributed by atoms with Gasteiger partial charge in [-0.1, -0.05) is 23.9 Å². The predicted octanol–water partition coefficient (Wildman–Crippen LogP) is 2.99. The van der Waals surface area contributed by atoms with Gasteiger partial charge in [-0.15, -0.1) is 0 Å². The molecule has 0 bridgehead atoms. The number of benzene rings is 1. The van der Waals surface area contributed by atoms with Crippen LogP contribution in [-0.2, 0) is 6.42 Å². The normalized spacial score (nSPS) is 11.3. The highest BCUT2D eigenvalue weighted by Gasteiger charge is 2.12. The fourth-order valence-corrected chi connectivity index (χ4v) is 1.79. The molecule has 0 fully saturated rings. The maximum Gasteiger partial charge on any atom is 0.141 e. The van der Waals surface area contributed by atoms with Gasteiger partial charge in [-0.2, -0.15) is 0 Å². The number of rotatable bonds is 4. The van der Waals surface area contributed by atoms with Crippen molar-refractivity contribution in [2.75, 3.05) is 0 Å². The first-order valence-corrected chi connectivity index (χ1v) is 5.91. The zero-order valence-electron chi connectivity index (χ0n) is 10.6. The first-order valence-electron chi connectivity index (χ1n) is 5.91. The summed E-state index contributed by atoms with van der Waals surface area (Å²) >= 11 is 0. The molecule has 2 aromatic rings. The van der Waals surface area contributed by atoms with E-state index in [1.165, 1.54) is 18.2 Å². The van der Waals surface area contributed by atoms with Gasteiger partial charge in [-0.05, 0) is 29.8 Å². The number of nitrogens with zero attached hydrogens (tertiary/aromatic N) is 2. The Morgan fingerprint density at radius 3 is 2.70 bits per heavy atom. The molecule has 0 amide bonds. The molecule has 0 radical (unpaired) electrons. The summed E-state index contributed by atoms with van der Waals surface area (Å²) in [6.45, 7) is 3.61. The van der Waals surface area contributed by atoms with Crippen LogP contribution in [0, 0.1) is 5.82 Å². The van der Waals surface area contributed by atoms with E-state index in [1.54, 1.807) is 18.2 Å². The van der Waals surface area contributed by atoms with Crippen LogP contribution in [0.1, 0.15) is 16.8 Å². The van der Waals surface area contributed by atoms with Crippen molar-refractivity contribution in [2.45, 2.75) is 6.42 Å². The minimum absolute atomic E-state index is 0.0164. The Hall–Kier alpha value is -2.69. The largest absolute Gasteiger partial charge is 0.507 e. The highest BCUT2D eigenvalue weighted by atomic mass is 19.1. The van der Waals surface area contributed by atoms with Crippen LogP contribution >= 0.6 is 0 Å². The van der Waals surface area contributed by atoms with Gasteiger partial charge < -0.3 is 10.3 Å². The number of aromatic hydroxyl groups is 1. The average molecular weight is 272 g/mol. The second kappa shape index (κ2) is 5.97. The summed E-state index contributed by atoms with van der Waals surface area (Å²) in [6, 6.07) is 7.66. The van der Waals surface area contributed by atoms with Gasteiger partial charge in [0.1, 0.15) is 11.6 Å². The summed E-state index contributed by atoms with van der Waals surface area (Å²) in [7, 11) is 0. The molecule has 0 aliphatic carbocycles. The second-order valence-corrected chi connectivity index (χ2v) is 4.17. The summed E-state index contributed by atoms with van der Waals surface area (Å²) in [5.41, 5.74) is 1.93. The second-order valence-electron chi connectivity index (χ2n) is 4.17. The number of aromatic nitrogens is 1. The van der Waals surface area contributed by atoms with Crippen molar-refractivity contribution in [3.05, 3.63) is 65.7 Å². The molecule has 0 unspecified atom stereocenters. The smallest absolute Gasteiger partial charge is 0.141 e. The Morgan fingerprint density at radius 2 is 2.15 bits per heavy atom. The van der Waals surface area contributed by atoms with Gasteiger partial charge in [0.05, 0.1) is 11.9 Å². The molecule has 1 aromatic carbocycles. The lowest BCUT2D eigenvalue weighted by atomic mass is 10.0. The third-order valence-electron chi connectivity index (χ3n) is 2.83. The van der Waals surface area contributed by atoms with E-state index in [0.717, 1.165) is 11.8 Å². The number of hydrogen-bond acceptors (Lipinski definition) is 4. The van der Waals surface area contributed by atoms with Crippen molar-refractivity contribution < 1.29 is 14.7 Å². The van der Waals surface area contributed by atoms with E-state index < -0.39 is 5.82 Å². The Kier molecular flexibility index (Phi) is 4.10. The van der Waals surface area contributed by atoms with E-state index in [9.17, 15) is 9.50 Å². The van der Waals surface area contributed by atoms with Crippen molar-refractivity contribution in [1.82, 2.24) is 4.98 Å². The molecule has 4 nitrogen and oxygen atoms in total. The minimum atomic E-state index is -0.436. The molecule has 102 valence electrons. The third-order valence-corrected chi connectivity index (χ3v) is 2.83. The van der Waals surface area contributed by atoms with E-state index in [-0.39, 0.29) is 17.9 Å². The zero-order chi connectivity index (χ0) is 14.5. The summed E-state index contributed by atoms with van der Waals surface area (Å²) in [4.78, 5) is 3.89. The molecule has 0 atom stereocenters. The monoisotopic (exact) mass is 272 g/mol. The maximum atomic E-state index is 12.8. The molecular formula is C15H13FN2O2. The van der Waals surface area contributed by atoms with Crippen LogP contribution in [0.4, 0.5) is 4.39 Å². The van der Waals surface area contributed by atoms with Crippen LogP contribution < -0.4 is 0 Å². The van der Waals surface area contributed by atoms with E-state index in [4.69, 9.17) is 5.21 Å². The van der Waals surface area contributed by atoms with Gasteiger partial charge in [0.25, 0.3) is 0 Å². The van der Waals surface area contributed by atoms with Crippen LogP contribution in [0.25, 0.3) is 6.08 Å². The van der Waals surface area contributed by atoms with Gasteiger partial charge in [0.15, 0.2) is 0 Å². The number of halogens is 1. The van der Waals surface area contributed by atoms with E-state index in [0.29, 0.717) is 11.3 Å². The maximum absolute atomic E-state index is 12.8. The molecule has 5 heteroatoms. The zero-order valence-corrected chi connectivity index (χ0v) is 10.6. The number of hydrogen-bond donors (Lipinski definition) is 2. The molecule has 1 aromatic heterocycles. The van der Waals surface area contributed by atoms with E-state index >= 15 is 0 Å². The van der Waals surface area contributed by atoms with Gasteiger partial charge in [0.2, 0.25) is 0 Å². The fraction of sp³-hybridized carbons (Fsp3) is 0.0667. The lowest BCUT2D eigenvalue weighted by Crippen LogP contribution is -2.07. The molecule has 0 spiro atoms. The van der Waals surface area contributed by atoms with E-state index in [1.807, 2.05) is 0 Å². The molecule has 0 aliphatic rings.